The normalized spacial score (nSPS) is 22.6. The molecule has 1 atom stereocenters. The molecule has 136 valence electrons. The number of carboxylic acids is 1. The number of carboxylic acid groups (broad SMARTS) is 1. The summed E-state index contributed by atoms with van der Waals surface area (Å²) in [6, 6.07) is 3.29. The predicted molar refractivity (Wildman–Crippen MR) is 100 cm³/mol. The SMILES string of the molecule is O=C(O)C1=CC2(CCC1S(=O)(=O)Nc1ccc(F)cc1Cl)SCCS2. The first-order valence-corrected chi connectivity index (χ1v) is 11.3. The van der Waals surface area contributed by atoms with E-state index in [4.69, 9.17) is 11.6 Å². The van der Waals surface area contributed by atoms with Gasteiger partial charge in [-0.2, -0.15) is 0 Å². The molecular formula is C15H15ClFNO4S3. The van der Waals surface area contributed by atoms with E-state index in [1.807, 2.05) is 0 Å². The van der Waals surface area contributed by atoms with Gasteiger partial charge in [0.1, 0.15) is 11.1 Å². The van der Waals surface area contributed by atoms with Crippen LogP contribution in [0.4, 0.5) is 10.1 Å². The van der Waals surface area contributed by atoms with Crippen LogP contribution in [0.25, 0.3) is 0 Å². The molecule has 0 aromatic heterocycles. The molecule has 1 aromatic rings. The number of anilines is 1. The summed E-state index contributed by atoms with van der Waals surface area (Å²) in [5.74, 6) is -0.00849. The summed E-state index contributed by atoms with van der Waals surface area (Å²) in [4.78, 5) is 11.7. The number of hydrogen-bond donors (Lipinski definition) is 2. The zero-order valence-electron chi connectivity index (χ0n) is 12.9. The smallest absolute Gasteiger partial charge is 0.332 e. The number of sulfonamides is 1. The lowest BCUT2D eigenvalue weighted by Gasteiger charge is -2.33. The number of hydrogen-bond acceptors (Lipinski definition) is 5. The zero-order valence-corrected chi connectivity index (χ0v) is 16.1. The van der Waals surface area contributed by atoms with Gasteiger partial charge in [0.2, 0.25) is 10.0 Å². The molecule has 1 aliphatic carbocycles. The van der Waals surface area contributed by atoms with Gasteiger partial charge >= 0.3 is 5.97 Å². The maximum atomic E-state index is 13.1. The first-order valence-electron chi connectivity index (χ1n) is 7.43. The van der Waals surface area contributed by atoms with Crippen LogP contribution >= 0.6 is 35.1 Å². The Labute approximate surface area is 158 Å². The number of thioether (sulfide) groups is 2. The van der Waals surface area contributed by atoms with Crippen molar-refractivity contribution in [1.82, 2.24) is 0 Å². The van der Waals surface area contributed by atoms with Crippen LogP contribution in [0, 0.1) is 5.82 Å². The highest BCUT2D eigenvalue weighted by molar-refractivity contribution is 8.21. The molecule has 0 bridgehead atoms. The number of aliphatic carboxylic acids is 1. The van der Waals surface area contributed by atoms with Crippen molar-refractivity contribution in [3.05, 3.63) is 40.7 Å². The van der Waals surface area contributed by atoms with Crippen LogP contribution in [0.1, 0.15) is 12.8 Å². The molecule has 1 spiro atoms. The molecule has 1 heterocycles. The van der Waals surface area contributed by atoms with E-state index in [1.165, 1.54) is 6.07 Å². The number of carbonyl (C=O) groups is 1. The van der Waals surface area contributed by atoms with Crippen LogP contribution in [0.2, 0.25) is 5.02 Å². The Kier molecular flexibility index (Phi) is 5.30. The topological polar surface area (TPSA) is 83.5 Å². The van der Waals surface area contributed by atoms with Crippen molar-refractivity contribution >= 4 is 56.8 Å². The fourth-order valence-electron chi connectivity index (χ4n) is 2.91. The molecule has 1 saturated heterocycles. The van der Waals surface area contributed by atoms with E-state index in [2.05, 4.69) is 4.72 Å². The van der Waals surface area contributed by atoms with Crippen molar-refractivity contribution < 1.29 is 22.7 Å². The van der Waals surface area contributed by atoms with Gasteiger partial charge in [0.15, 0.2) is 0 Å². The third-order valence-electron chi connectivity index (χ3n) is 4.06. The molecule has 2 aliphatic rings. The molecule has 1 aromatic carbocycles. The van der Waals surface area contributed by atoms with E-state index in [9.17, 15) is 22.7 Å². The maximum Gasteiger partial charge on any atom is 0.332 e. The lowest BCUT2D eigenvalue weighted by Crippen LogP contribution is -2.38. The Balaban J connectivity index is 1.92. The summed E-state index contributed by atoms with van der Waals surface area (Å²) < 4.78 is 40.5. The van der Waals surface area contributed by atoms with Crippen molar-refractivity contribution in [2.45, 2.75) is 22.2 Å². The van der Waals surface area contributed by atoms with E-state index < -0.39 is 27.1 Å². The van der Waals surface area contributed by atoms with Gasteiger partial charge in [0, 0.05) is 11.5 Å². The summed E-state index contributed by atoms with van der Waals surface area (Å²) in [5, 5.41) is 8.25. The zero-order chi connectivity index (χ0) is 18.2. The molecule has 0 radical (unpaired) electrons. The summed E-state index contributed by atoms with van der Waals surface area (Å²) >= 11 is 9.17. The van der Waals surface area contributed by atoms with Crippen LogP contribution in [-0.2, 0) is 14.8 Å². The minimum Gasteiger partial charge on any atom is -0.478 e. The van der Waals surface area contributed by atoms with E-state index in [0.717, 1.165) is 23.6 Å². The number of rotatable bonds is 4. The third-order valence-corrected chi connectivity index (χ3v) is 9.52. The van der Waals surface area contributed by atoms with Gasteiger partial charge in [-0.25, -0.2) is 17.6 Å². The summed E-state index contributed by atoms with van der Waals surface area (Å²) in [7, 11) is -4.04. The van der Waals surface area contributed by atoms with Crippen LogP contribution in [0.15, 0.2) is 29.8 Å². The fourth-order valence-corrected chi connectivity index (χ4v) is 7.87. The molecule has 3 rings (SSSR count). The van der Waals surface area contributed by atoms with Gasteiger partial charge in [0.25, 0.3) is 0 Å². The second kappa shape index (κ2) is 7.02. The second-order valence-electron chi connectivity index (χ2n) is 5.71. The monoisotopic (exact) mass is 423 g/mol. The summed E-state index contributed by atoms with van der Waals surface area (Å²) in [6.45, 7) is 0. The number of benzene rings is 1. The van der Waals surface area contributed by atoms with Crippen molar-refractivity contribution in [3.63, 3.8) is 0 Å². The van der Waals surface area contributed by atoms with E-state index in [-0.39, 0.29) is 26.8 Å². The molecule has 2 N–H and O–H groups in total. The third kappa shape index (κ3) is 3.94. The second-order valence-corrected chi connectivity index (χ2v) is 11.1. The first kappa shape index (κ1) is 18.9. The average molecular weight is 424 g/mol. The van der Waals surface area contributed by atoms with Gasteiger partial charge in [-0.15, -0.1) is 23.5 Å². The highest BCUT2D eigenvalue weighted by Gasteiger charge is 2.44. The lowest BCUT2D eigenvalue weighted by molar-refractivity contribution is -0.132. The molecule has 1 aliphatic heterocycles. The van der Waals surface area contributed by atoms with Gasteiger partial charge in [-0.1, -0.05) is 11.6 Å². The van der Waals surface area contributed by atoms with Gasteiger partial charge in [-0.3, -0.25) is 4.72 Å². The Morgan fingerprint density at radius 3 is 2.64 bits per heavy atom. The van der Waals surface area contributed by atoms with Gasteiger partial charge in [-0.05, 0) is 37.1 Å². The van der Waals surface area contributed by atoms with E-state index in [0.29, 0.717) is 6.42 Å². The molecule has 10 heteroatoms. The molecule has 1 fully saturated rings. The summed E-state index contributed by atoms with van der Waals surface area (Å²) in [6.07, 6.45) is 2.35. The van der Waals surface area contributed by atoms with Gasteiger partial charge < -0.3 is 5.11 Å². The predicted octanol–water partition coefficient (Wildman–Crippen LogP) is 3.57. The standard InChI is InChI=1S/C15H15ClFNO4S3/c16-11-7-9(17)1-2-12(11)18-25(21,22)13-3-4-15(23-5-6-24-15)8-10(13)14(19)20/h1-2,7-8,13,18H,3-6H2,(H,19,20). The number of halogens is 2. The van der Waals surface area contributed by atoms with Crippen molar-refractivity contribution in [1.29, 1.82) is 0 Å². The van der Waals surface area contributed by atoms with Crippen LogP contribution < -0.4 is 4.72 Å². The minimum atomic E-state index is -4.04. The Morgan fingerprint density at radius 1 is 1.36 bits per heavy atom. The molecule has 0 amide bonds. The van der Waals surface area contributed by atoms with Crippen LogP contribution in [0.3, 0.4) is 0 Å². The summed E-state index contributed by atoms with van der Waals surface area (Å²) in [5.41, 5.74) is -0.100. The Bertz CT molecular complexity index is 837. The van der Waals surface area contributed by atoms with Crippen LogP contribution in [-0.4, -0.2) is 40.3 Å². The average Bonchev–Trinajstić information content (AvgIpc) is 2.97. The van der Waals surface area contributed by atoms with Gasteiger partial charge in [0.05, 0.1) is 20.4 Å². The van der Waals surface area contributed by atoms with Crippen molar-refractivity contribution in [2.75, 3.05) is 16.2 Å². The fraction of sp³-hybridized carbons (Fsp3) is 0.400. The van der Waals surface area contributed by atoms with E-state index in [1.54, 1.807) is 29.6 Å². The Hall–Kier alpha value is -0.900. The molecule has 5 nitrogen and oxygen atoms in total. The molecule has 25 heavy (non-hydrogen) atoms. The van der Waals surface area contributed by atoms with E-state index >= 15 is 0 Å². The minimum absolute atomic E-state index is 0.0257. The maximum absolute atomic E-state index is 13.1. The van der Waals surface area contributed by atoms with Crippen molar-refractivity contribution in [3.8, 4) is 0 Å². The number of nitrogens with one attached hydrogen (secondary N) is 1. The largest absolute Gasteiger partial charge is 0.478 e. The highest BCUT2D eigenvalue weighted by Crippen LogP contribution is 2.52. The molecule has 0 saturated carbocycles. The highest BCUT2D eigenvalue weighted by atomic mass is 35.5. The quantitative estimate of drug-likeness (QED) is 0.770. The molecule has 1 unspecified atom stereocenters. The lowest BCUT2D eigenvalue weighted by atomic mass is 9.98. The van der Waals surface area contributed by atoms with Crippen molar-refractivity contribution in [2.24, 2.45) is 0 Å². The molecular weight excluding hydrogens is 409 g/mol. The Morgan fingerprint density at radius 2 is 2.04 bits per heavy atom. The first-order chi connectivity index (χ1) is 11.7. The van der Waals surface area contributed by atoms with Crippen LogP contribution in [0.5, 0.6) is 0 Å².